The molecule has 2 aromatic carbocycles. The molecule has 1 fully saturated rings. The number of likely N-dealkylation sites (tertiary alicyclic amines) is 1. The number of hydrogen-bond acceptors (Lipinski definition) is 5. The molecule has 9 nitrogen and oxygen atoms in total. The number of amides is 3. The Morgan fingerprint density at radius 3 is 2.46 bits per heavy atom. The molecule has 3 aliphatic rings. The lowest BCUT2D eigenvalue weighted by molar-refractivity contribution is 0.0735. The molecule has 39 heavy (non-hydrogen) atoms. The molecular formula is C30H32N4O5. The normalized spacial score (nSPS) is 19.5. The van der Waals surface area contributed by atoms with Crippen molar-refractivity contribution in [3.8, 4) is 11.5 Å². The summed E-state index contributed by atoms with van der Waals surface area (Å²) in [4.78, 5) is 43.0. The zero-order valence-electron chi connectivity index (χ0n) is 22.2. The number of benzene rings is 2. The fourth-order valence-electron chi connectivity index (χ4n) is 6.26. The average molecular weight is 529 g/mol. The van der Waals surface area contributed by atoms with Gasteiger partial charge in [-0.3, -0.25) is 9.59 Å². The van der Waals surface area contributed by atoms with Crippen LogP contribution in [0.25, 0.3) is 0 Å². The smallest absolute Gasteiger partial charge is 0.321 e. The van der Waals surface area contributed by atoms with Crippen molar-refractivity contribution in [3.05, 3.63) is 87.3 Å². The number of ether oxygens (including phenoxy) is 2. The van der Waals surface area contributed by atoms with Crippen molar-refractivity contribution in [2.75, 3.05) is 39.2 Å². The van der Waals surface area contributed by atoms with Crippen LogP contribution in [0.2, 0.25) is 0 Å². The summed E-state index contributed by atoms with van der Waals surface area (Å²) in [5.41, 5.74) is 4.13. The van der Waals surface area contributed by atoms with Gasteiger partial charge in [0.05, 0.1) is 25.5 Å². The molecule has 0 aliphatic carbocycles. The number of urea groups is 1. The minimum absolute atomic E-state index is 0.0189. The molecule has 202 valence electrons. The van der Waals surface area contributed by atoms with E-state index in [2.05, 4.69) is 5.32 Å². The third-order valence-electron chi connectivity index (χ3n) is 8.17. The molecule has 2 atom stereocenters. The molecule has 1 saturated heterocycles. The fourth-order valence-corrected chi connectivity index (χ4v) is 6.26. The van der Waals surface area contributed by atoms with E-state index in [1.54, 1.807) is 43.4 Å². The molecular weight excluding hydrogens is 496 g/mol. The predicted molar refractivity (Wildman–Crippen MR) is 147 cm³/mol. The summed E-state index contributed by atoms with van der Waals surface area (Å²) in [7, 11) is 3.22. The van der Waals surface area contributed by atoms with Crippen LogP contribution in [0, 0.1) is 5.92 Å². The Morgan fingerprint density at radius 1 is 0.897 bits per heavy atom. The van der Waals surface area contributed by atoms with Crippen LogP contribution in [-0.2, 0) is 19.5 Å². The van der Waals surface area contributed by atoms with Gasteiger partial charge < -0.3 is 29.2 Å². The second kappa shape index (κ2) is 10.1. The molecule has 0 spiro atoms. The van der Waals surface area contributed by atoms with Gasteiger partial charge in [-0.1, -0.05) is 18.2 Å². The lowest BCUT2D eigenvalue weighted by Gasteiger charge is -2.42. The molecule has 3 amide bonds. The Labute approximate surface area is 226 Å². The van der Waals surface area contributed by atoms with Gasteiger partial charge in [0, 0.05) is 50.4 Å². The number of piperidine rings is 1. The van der Waals surface area contributed by atoms with Gasteiger partial charge in [0.15, 0.2) is 11.5 Å². The number of nitrogens with one attached hydrogen (secondary N) is 1. The maximum absolute atomic E-state index is 13.7. The Bertz CT molecular complexity index is 1500. The summed E-state index contributed by atoms with van der Waals surface area (Å²) in [5.74, 6) is 1.54. The van der Waals surface area contributed by atoms with Gasteiger partial charge in [-0.15, -0.1) is 0 Å². The number of fused-ring (bicyclic) bond motifs is 5. The summed E-state index contributed by atoms with van der Waals surface area (Å²) < 4.78 is 12.7. The summed E-state index contributed by atoms with van der Waals surface area (Å²) in [6.07, 6.45) is 1.67. The number of methoxy groups -OCH3 is 2. The molecule has 0 radical (unpaired) electrons. The van der Waals surface area contributed by atoms with Crippen molar-refractivity contribution in [3.63, 3.8) is 0 Å². The molecule has 6 rings (SSSR count). The van der Waals surface area contributed by atoms with Crippen molar-refractivity contribution in [1.82, 2.24) is 14.4 Å². The molecule has 1 unspecified atom stereocenters. The van der Waals surface area contributed by atoms with Crippen molar-refractivity contribution in [2.24, 2.45) is 5.92 Å². The zero-order valence-corrected chi connectivity index (χ0v) is 22.2. The molecule has 1 aromatic heterocycles. The van der Waals surface area contributed by atoms with Crippen LogP contribution in [-0.4, -0.2) is 60.2 Å². The Kier molecular flexibility index (Phi) is 6.50. The van der Waals surface area contributed by atoms with Crippen LogP contribution in [0.15, 0.2) is 59.4 Å². The molecule has 9 heteroatoms. The second-order valence-corrected chi connectivity index (χ2v) is 10.5. The quantitative estimate of drug-likeness (QED) is 0.557. The monoisotopic (exact) mass is 528 g/mol. The number of anilines is 1. The lowest BCUT2D eigenvalue weighted by atomic mass is 9.83. The van der Waals surface area contributed by atoms with Gasteiger partial charge in [-0.2, -0.15) is 0 Å². The molecule has 3 aromatic rings. The SMILES string of the molecule is COc1cc2c(cc1OC)CN(C(=O)c1ccccc1NC(=O)N1CC3C[C@H](C1)Cn1c3cccc1=O)CC2. The van der Waals surface area contributed by atoms with E-state index >= 15 is 0 Å². The highest BCUT2D eigenvalue weighted by Crippen LogP contribution is 2.36. The zero-order chi connectivity index (χ0) is 27.1. The van der Waals surface area contributed by atoms with Crippen molar-refractivity contribution in [1.29, 1.82) is 0 Å². The standard InChI is InChI=1S/C30H32N4O5/c1-38-26-13-20-10-11-32(17-21(20)14-27(26)39-2)29(36)23-6-3-4-7-24(23)31-30(37)33-15-19-12-22(18-33)25-8-5-9-28(35)34(25)16-19/h3-9,13-14,19,22H,10-12,15-18H2,1-2H3,(H,31,37)/t19-,22?/m1/s1. The highest BCUT2D eigenvalue weighted by Gasteiger charge is 2.36. The van der Waals surface area contributed by atoms with E-state index < -0.39 is 0 Å². The van der Waals surface area contributed by atoms with E-state index in [1.807, 2.05) is 39.8 Å². The molecule has 1 N–H and O–H groups in total. The first-order valence-electron chi connectivity index (χ1n) is 13.3. The van der Waals surface area contributed by atoms with Crippen molar-refractivity contribution < 1.29 is 19.1 Å². The van der Waals surface area contributed by atoms with E-state index in [-0.39, 0.29) is 29.3 Å². The van der Waals surface area contributed by atoms with Gasteiger partial charge in [-0.25, -0.2) is 4.79 Å². The van der Waals surface area contributed by atoms with E-state index in [0.29, 0.717) is 61.9 Å². The van der Waals surface area contributed by atoms with E-state index in [4.69, 9.17) is 9.47 Å². The van der Waals surface area contributed by atoms with Crippen LogP contribution in [0.4, 0.5) is 10.5 Å². The first-order chi connectivity index (χ1) is 18.9. The first-order valence-corrected chi connectivity index (χ1v) is 13.3. The number of rotatable bonds is 4. The lowest BCUT2D eigenvalue weighted by Crippen LogP contribution is -2.50. The van der Waals surface area contributed by atoms with Gasteiger partial charge in [-0.05, 0) is 60.2 Å². The van der Waals surface area contributed by atoms with E-state index in [1.165, 1.54) is 0 Å². The number of carbonyl (C=O) groups excluding carboxylic acids is 2. The first kappa shape index (κ1) is 25.0. The van der Waals surface area contributed by atoms with E-state index in [0.717, 1.165) is 23.2 Å². The minimum Gasteiger partial charge on any atom is -0.493 e. The number of aromatic nitrogens is 1. The van der Waals surface area contributed by atoms with Crippen LogP contribution in [0.3, 0.4) is 0 Å². The minimum atomic E-state index is -0.225. The van der Waals surface area contributed by atoms with Gasteiger partial charge in [0.1, 0.15) is 0 Å². The van der Waals surface area contributed by atoms with Gasteiger partial charge in [0.25, 0.3) is 11.5 Å². The van der Waals surface area contributed by atoms with E-state index in [9.17, 15) is 14.4 Å². The Hall–Kier alpha value is -4.27. The van der Waals surface area contributed by atoms with Crippen LogP contribution in [0.1, 0.15) is 39.5 Å². The Balaban J connectivity index is 1.18. The average Bonchev–Trinajstić information content (AvgIpc) is 2.96. The molecule has 2 bridgehead atoms. The van der Waals surface area contributed by atoms with Gasteiger partial charge in [0.2, 0.25) is 0 Å². The molecule has 3 aliphatic heterocycles. The van der Waals surface area contributed by atoms with Crippen LogP contribution in [0.5, 0.6) is 11.5 Å². The highest BCUT2D eigenvalue weighted by molar-refractivity contribution is 6.03. The maximum atomic E-state index is 13.7. The van der Waals surface area contributed by atoms with Crippen LogP contribution >= 0.6 is 0 Å². The number of pyridine rings is 1. The number of carbonyl (C=O) groups is 2. The van der Waals surface area contributed by atoms with Crippen molar-refractivity contribution >= 4 is 17.6 Å². The van der Waals surface area contributed by atoms with Crippen LogP contribution < -0.4 is 20.3 Å². The summed E-state index contributed by atoms with van der Waals surface area (Å²) in [6, 6.07) is 16.2. The Morgan fingerprint density at radius 2 is 1.67 bits per heavy atom. The largest absolute Gasteiger partial charge is 0.493 e. The van der Waals surface area contributed by atoms with Crippen molar-refractivity contribution in [2.45, 2.75) is 31.8 Å². The summed E-state index contributed by atoms with van der Waals surface area (Å²) in [5, 5.41) is 3.01. The third-order valence-corrected chi connectivity index (χ3v) is 8.17. The molecule has 0 saturated carbocycles. The number of hydrogen-bond donors (Lipinski definition) is 1. The van der Waals surface area contributed by atoms with Gasteiger partial charge >= 0.3 is 6.03 Å². The third kappa shape index (κ3) is 4.62. The molecule has 4 heterocycles. The fraction of sp³-hybridized carbons (Fsp3) is 0.367. The second-order valence-electron chi connectivity index (χ2n) is 10.5. The number of nitrogens with zero attached hydrogens (tertiary/aromatic N) is 3. The highest BCUT2D eigenvalue weighted by atomic mass is 16.5. The number of para-hydroxylation sites is 1. The topological polar surface area (TPSA) is 93.1 Å². The maximum Gasteiger partial charge on any atom is 0.321 e. The predicted octanol–water partition coefficient (Wildman–Crippen LogP) is 3.72. The summed E-state index contributed by atoms with van der Waals surface area (Å²) >= 11 is 0. The summed E-state index contributed by atoms with van der Waals surface area (Å²) in [6.45, 7) is 2.75.